The quantitative estimate of drug-likeness (QED) is 0.152. The summed E-state index contributed by atoms with van der Waals surface area (Å²) in [5, 5.41) is 1.35. The van der Waals surface area contributed by atoms with Crippen molar-refractivity contribution in [2.75, 3.05) is 27.2 Å². The van der Waals surface area contributed by atoms with Crippen LogP contribution < -0.4 is 0 Å². The highest BCUT2D eigenvalue weighted by Gasteiger charge is 2.31. The van der Waals surface area contributed by atoms with Crippen molar-refractivity contribution in [2.45, 2.75) is 89.8 Å². The summed E-state index contributed by atoms with van der Waals surface area (Å²) < 4.78 is 2.60. The minimum atomic E-state index is 0.00398. The van der Waals surface area contributed by atoms with E-state index in [1.165, 1.54) is 90.7 Å². The molecule has 0 radical (unpaired) electrons. The Kier molecular flexibility index (Phi) is 9.04. The van der Waals surface area contributed by atoms with Gasteiger partial charge >= 0.3 is 0 Å². The van der Waals surface area contributed by atoms with E-state index in [4.69, 9.17) is 0 Å². The second-order valence-electron chi connectivity index (χ2n) is 12.1. The van der Waals surface area contributed by atoms with Gasteiger partial charge in [0.15, 0.2) is 5.78 Å². The summed E-state index contributed by atoms with van der Waals surface area (Å²) in [6, 6.07) is 16.0. The number of unbranched alkanes of at least 4 members (excludes halogenated alkanes) is 2. The van der Waals surface area contributed by atoms with Gasteiger partial charge in [-0.3, -0.25) is 9.69 Å². The zero-order valence-corrected chi connectivity index (χ0v) is 24.4. The van der Waals surface area contributed by atoms with E-state index in [0.717, 1.165) is 38.2 Å². The molecule has 4 nitrogen and oxygen atoms in total. The van der Waals surface area contributed by atoms with E-state index in [9.17, 15) is 4.79 Å². The second-order valence-corrected chi connectivity index (χ2v) is 12.1. The number of hydrogen-bond acceptors (Lipinski definition) is 3. The zero-order chi connectivity index (χ0) is 27.4. The number of aromatic nitrogens is 1. The number of rotatable bonds is 10. The van der Waals surface area contributed by atoms with Crippen molar-refractivity contribution in [2.24, 2.45) is 0 Å². The first-order chi connectivity index (χ1) is 19.0. The monoisotopic (exact) mass is 525 g/mol. The lowest BCUT2D eigenvalue weighted by atomic mass is 9.81. The van der Waals surface area contributed by atoms with Gasteiger partial charge in [0.2, 0.25) is 0 Å². The van der Waals surface area contributed by atoms with Gasteiger partial charge in [-0.05, 0) is 88.5 Å². The summed E-state index contributed by atoms with van der Waals surface area (Å²) in [7, 11) is 4.33. The van der Waals surface area contributed by atoms with Gasteiger partial charge in [0.1, 0.15) is 0 Å². The maximum atomic E-state index is 12.7. The van der Waals surface area contributed by atoms with Crippen LogP contribution in [-0.4, -0.2) is 53.4 Å². The van der Waals surface area contributed by atoms with Crippen molar-refractivity contribution in [1.29, 1.82) is 0 Å². The normalized spacial score (nSPS) is 18.5. The van der Waals surface area contributed by atoms with Crippen LogP contribution in [0.25, 0.3) is 22.2 Å². The van der Waals surface area contributed by atoms with E-state index in [2.05, 4.69) is 78.4 Å². The van der Waals surface area contributed by atoms with Crippen LogP contribution in [0.4, 0.5) is 0 Å². The molecule has 3 aromatic rings. The Morgan fingerprint density at radius 2 is 1.85 bits per heavy atom. The van der Waals surface area contributed by atoms with Crippen molar-refractivity contribution in [3.8, 4) is 11.3 Å². The lowest BCUT2D eigenvalue weighted by Crippen LogP contribution is -2.39. The van der Waals surface area contributed by atoms with Crippen LogP contribution in [0, 0.1) is 0 Å². The highest BCUT2D eigenvalue weighted by Crippen LogP contribution is 2.46. The van der Waals surface area contributed by atoms with Gasteiger partial charge in [0.25, 0.3) is 0 Å². The molecule has 1 atom stereocenters. The van der Waals surface area contributed by atoms with Crippen LogP contribution in [-0.2, 0) is 13.1 Å². The van der Waals surface area contributed by atoms with Gasteiger partial charge < -0.3 is 9.47 Å². The lowest BCUT2D eigenvalue weighted by molar-refractivity contribution is 0.104. The molecule has 4 heteroatoms. The minimum absolute atomic E-state index is 0.00398. The predicted molar refractivity (Wildman–Crippen MR) is 165 cm³/mol. The molecule has 2 aliphatic rings. The minimum Gasteiger partial charge on any atom is -0.339 e. The molecule has 1 unspecified atom stereocenters. The highest BCUT2D eigenvalue weighted by molar-refractivity contribution is 6.07. The number of allylic oxidation sites excluding steroid dienone is 1. The number of nitrogens with zero attached hydrogens (tertiary/aromatic N) is 3. The summed E-state index contributed by atoms with van der Waals surface area (Å²) in [5.41, 5.74) is 7.74. The Balaban J connectivity index is 1.62. The molecular weight excluding hydrogens is 478 g/mol. The Morgan fingerprint density at radius 3 is 2.59 bits per heavy atom. The van der Waals surface area contributed by atoms with Crippen molar-refractivity contribution < 1.29 is 4.79 Å². The predicted octanol–water partition coefficient (Wildman–Crippen LogP) is 8.05. The second kappa shape index (κ2) is 12.7. The molecule has 1 fully saturated rings. The van der Waals surface area contributed by atoms with E-state index in [1.54, 1.807) is 0 Å². The lowest BCUT2D eigenvalue weighted by Gasteiger charge is -2.36. The zero-order valence-electron chi connectivity index (χ0n) is 24.4. The largest absolute Gasteiger partial charge is 0.339 e. The SMILES string of the molecule is C=CC(=O)c1ccc2c(C3CCCCC3)c3n(c2c1)CC(CC)N(CCCCCN(C)C)Cc1ccccc1-3. The highest BCUT2D eigenvalue weighted by atomic mass is 16.1. The molecular formula is C35H47N3O. The third-order valence-corrected chi connectivity index (χ3v) is 9.16. The number of carbonyl (C=O) groups is 1. The van der Waals surface area contributed by atoms with Gasteiger partial charge in [-0.25, -0.2) is 0 Å². The molecule has 0 saturated heterocycles. The molecule has 1 aromatic heterocycles. The summed E-state index contributed by atoms with van der Waals surface area (Å²) >= 11 is 0. The first-order valence-electron chi connectivity index (χ1n) is 15.3. The molecule has 0 N–H and O–H groups in total. The van der Waals surface area contributed by atoms with Crippen LogP contribution in [0.2, 0.25) is 0 Å². The van der Waals surface area contributed by atoms with Crippen molar-refractivity contribution in [1.82, 2.24) is 14.4 Å². The summed E-state index contributed by atoms with van der Waals surface area (Å²) in [4.78, 5) is 17.7. The molecule has 2 aromatic carbocycles. The number of ketones is 1. The Labute approximate surface area is 235 Å². The fourth-order valence-electron chi connectivity index (χ4n) is 7.06. The smallest absolute Gasteiger partial charge is 0.185 e. The van der Waals surface area contributed by atoms with E-state index in [1.807, 2.05) is 6.07 Å². The molecule has 1 aliphatic heterocycles. The average Bonchev–Trinajstić information content (AvgIpc) is 3.26. The molecule has 1 aliphatic carbocycles. The molecule has 2 heterocycles. The van der Waals surface area contributed by atoms with Crippen molar-refractivity contribution in [3.63, 3.8) is 0 Å². The fourth-order valence-corrected chi connectivity index (χ4v) is 7.06. The molecule has 0 amide bonds. The topological polar surface area (TPSA) is 28.5 Å². The number of hydrogen-bond donors (Lipinski definition) is 0. The van der Waals surface area contributed by atoms with Gasteiger partial charge in [-0.15, -0.1) is 0 Å². The molecule has 0 spiro atoms. The molecule has 0 bridgehead atoms. The molecule has 39 heavy (non-hydrogen) atoms. The summed E-state index contributed by atoms with van der Waals surface area (Å²) in [6.07, 6.45) is 12.8. The summed E-state index contributed by atoms with van der Waals surface area (Å²) in [5.74, 6) is 0.586. The van der Waals surface area contributed by atoms with E-state index >= 15 is 0 Å². The Bertz CT molecular complexity index is 1300. The van der Waals surface area contributed by atoms with Crippen molar-refractivity contribution in [3.05, 3.63) is 71.8 Å². The summed E-state index contributed by atoms with van der Waals surface area (Å²) in [6.45, 7) is 10.4. The van der Waals surface area contributed by atoms with Crippen LogP contribution in [0.15, 0.2) is 55.1 Å². The molecule has 5 rings (SSSR count). The van der Waals surface area contributed by atoms with Gasteiger partial charge in [-0.2, -0.15) is 0 Å². The number of carbonyl (C=O) groups excluding carboxylic acids is 1. The number of benzene rings is 2. The van der Waals surface area contributed by atoms with Gasteiger partial charge in [0.05, 0.1) is 5.69 Å². The average molecular weight is 526 g/mol. The Hall–Kier alpha value is -2.69. The van der Waals surface area contributed by atoms with Crippen LogP contribution in [0.1, 0.15) is 92.1 Å². The van der Waals surface area contributed by atoms with Crippen LogP contribution in [0.5, 0.6) is 0 Å². The maximum Gasteiger partial charge on any atom is 0.185 e. The Morgan fingerprint density at radius 1 is 1.05 bits per heavy atom. The van der Waals surface area contributed by atoms with Gasteiger partial charge in [0, 0.05) is 41.2 Å². The first-order valence-corrected chi connectivity index (χ1v) is 15.3. The maximum absolute atomic E-state index is 12.7. The van der Waals surface area contributed by atoms with E-state index in [0.29, 0.717) is 12.0 Å². The van der Waals surface area contributed by atoms with Gasteiger partial charge in [-0.1, -0.05) is 75.6 Å². The fraction of sp³-hybridized carbons (Fsp3) is 0.514. The first kappa shape index (κ1) is 27.9. The van der Waals surface area contributed by atoms with E-state index < -0.39 is 0 Å². The molecule has 1 saturated carbocycles. The number of fused-ring (bicyclic) bond motifs is 5. The third kappa shape index (κ3) is 5.93. The molecule has 208 valence electrons. The van der Waals surface area contributed by atoms with Crippen LogP contribution >= 0.6 is 0 Å². The van der Waals surface area contributed by atoms with E-state index in [-0.39, 0.29) is 5.78 Å². The van der Waals surface area contributed by atoms with Crippen molar-refractivity contribution >= 4 is 16.7 Å². The standard InChI is InChI=1S/C35H47N3O/c1-5-29-25-38-32-23-27(33(39)6-2)19-20-31(32)34(26-15-9-7-10-16-26)35(38)30-18-12-11-17-28(30)24-37(29)22-14-8-13-21-36(3)4/h6,11-12,17-20,23,26,29H,2,5,7-10,13-16,21-22,24-25H2,1,3-4H3. The van der Waals surface area contributed by atoms with Crippen LogP contribution in [0.3, 0.4) is 0 Å². The third-order valence-electron chi connectivity index (χ3n) is 9.16.